The zero-order valence-corrected chi connectivity index (χ0v) is 13.9. The van der Waals surface area contributed by atoms with E-state index in [1.54, 1.807) is 0 Å². The summed E-state index contributed by atoms with van der Waals surface area (Å²) in [5, 5.41) is 0. The van der Waals surface area contributed by atoms with Gasteiger partial charge in [-0.1, -0.05) is 44.9 Å². The Hall–Kier alpha value is -1.72. The summed E-state index contributed by atoms with van der Waals surface area (Å²) in [6.45, 7) is 5.38. The fourth-order valence-corrected chi connectivity index (χ4v) is 1.65. The first-order valence-corrected chi connectivity index (χ1v) is 7.99. The van der Waals surface area contributed by atoms with Crippen molar-refractivity contribution >= 4 is 20.1 Å². The Bertz CT molecular complexity index is 566. The van der Waals surface area contributed by atoms with Crippen molar-refractivity contribution in [3.63, 3.8) is 0 Å². The summed E-state index contributed by atoms with van der Waals surface area (Å²) in [5.74, 6) is -1.37. The minimum absolute atomic E-state index is 0.322. The molecule has 1 unspecified atom stereocenters. The molecule has 0 aliphatic rings. The van der Waals surface area contributed by atoms with Crippen LogP contribution < -0.4 is 0 Å². The van der Waals surface area contributed by atoms with Crippen LogP contribution in [0.25, 0.3) is 6.08 Å². The lowest BCUT2D eigenvalue weighted by molar-refractivity contribution is -0.137. The van der Waals surface area contributed by atoms with Crippen molar-refractivity contribution in [3.8, 4) is 0 Å². The summed E-state index contributed by atoms with van der Waals surface area (Å²) < 4.78 is 52.9. The number of ketones is 1. The van der Waals surface area contributed by atoms with Gasteiger partial charge in [0.25, 0.3) is 0 Å². The topological polar surface area (TPSA) is 63.6 Å². The molecule has 128 valence electrons. The largest absolute Gasteiger partial charge is 0.747 e. The molecule has 0 saturated heterocycles. The van der Waals surface area contributed by atoms with Crippen molar-refractivity contribution in [1.82, 2.24) is 0 Å². The molecule has 0 aliphatic carbocycles. The highest BCUT2D eigenvalue weighted by atomic mass is 31.1. The molecule has 0 heterocycles. The van der Waals surface area contributed by atoms with Crippen molar-refractivity contribution in [2.45, 2.75) is 39.8 Å². The van der Waals surface area contributed by atoms with E-state index in [-0.39, 0.29) is 5.56 Å². The highest BCUT2D eigenvalue weighted by Gasteiger charge is 2.33. The second-order valence-corrected chi connectivity index (χ2v) is 5.14. The third-order valence-electron chi connectivity index (χ3n) is 2.58. The molecule has 1 N–H and O–H groups in total. The predicted octanol–water partition coefficient (Wildman–Crippen LogP) is 5.11. The standard InChI is InChI=1S/C11H8F3O4P.C4H10/c1-7(15)10(18-19(16)17)6-8-4-2-3-5-9(8)11(12,13)14;1-3-4-2/h2-6H,1H3;3-4H2,1-2H3/p+1/b10-6+;. The Balaban J connectivity index is 0.00000108. The minimum atomic E-state index is -4.60. The molecule has 1 atom stereocenters. The molecule has 0 fully saturated rings. The number of Topliss-reactive ketones (excluding diaryl/α,β-unsaturated/α-hetero) is 1. The number of benzene rings is 1. The normalized spacial score (nSPS) is 12.1. The van der Waals surface area contributed by atoms with Crippen LogP contribution in [0.5, 0.6) is 0 Å². The highest BCUT2D eigenvalue weighted by Crippen LogP contribution is 2.33. The zero-order valence-electron chi connectivity index (χ0n) is 13.1. The molecule has 0 radical (unpaired) electrons. The Morgan fingerprint density at radius 3 is 2.17 bits per heavy atom. The van der Waals surface area contributed by atoms with Gasteiger partial charge in [0.05, 0.1) is 5.56 Å². The first-order chi connectivity index (χ1) is 10.6. The number of allylic oxidation sites excluding steroid dienone is 1. The van der Waals surface area contributed by atoms with Crippen LogP contribution in [0.15, 0.2) is 30.0 Å². The highest BCUT2D eigenvalue weighted by molar-refractivity contribution is 7.32. The lowest BCUT2D eigenvalue weighted by Crippen LogP contribution is -2.08. The summed E-state index contributed by atoms with van der Waals surface area (Å²) >= 11 is 0. The molecule has 0 amide bonds. The van der Waals surface area contributed by atoms with Crippen LogP contribution in [-0.4, -0.2) is 10.7 Å². The van der Waals surface area contributed by atoms with E-state index in [4.69, 9.17) is 4.89 Å². The Labute approximate surface area is 133 Å². The number of carbonyl (C=O) groups excluding carboxylic acids is 1. The number of alkyl halides is 3. The average molecular weight is 351 g/mol. The third kappa shape index (κ3) is 8.47. The second-order valence-electron chi connectivity index (χ2n) is 4.48. The summed E-state index contributed by atoms with van der Waals surface area (Å²) in [5.41, 5.74) is -1.29. The van der Waals surface area contributed by atoms with E-state index in [1.807, 2.05) is 0 Å². The van der Waals surface area contributed by atoms with E-state index in [2.05, 4.69) is 18.4 Å². The van der Waals surface area contributed by atoms with E-state index in [1.165, 1.54) is 25.0 Å². The fraction of sp³-hybridized carbons (Fsp3) is 0.400. The maximum absolute atomic E-state index is 12.7. The summed E-state index contributed by atoms with van der Waals surface area (Å²) in [6.07, 6.45) is -1.18. The molecular formula is C15H19F3O4P+. The molecule has 4 nitrogen and oxygen atoms in total. The molecule has 0 bridgehead atoms. The second kappa shape index (κ2) is 10.1. The fourth-order valence-electron chi connectivity index (χ4n) is 1.30. The van der Waals surface area contributed by atoms with E-state index in [0.29, 0.717) is 0 Å². The summed E-state index contributed by atoms with van der Waals surface area (Å²) in [7, 11) is -3.13. The van der Waals surface area contributed by atoms with Crippen LogP contribution in [-0.2, 0) is 20.1 Å². The van der Waals surface area contributed by atoms with Gasteiger partial charge in [0.1, 0.15) is 0 Å². The Morgan fingerprint density at radius 2 is 1.78 bits per heavy atom. The molecule has 0 aromatic heterocycles. The van der Waals surface area contributed by atoms with Crippen LogP contribution in [0.4, 0.5) is 13.2 Å². The molecule has 1 aromatic carbocycles. The molecule has 0 saturated carbocycles. The van der Waals surface area contributed by atoms with E-state index >= 15 is 0 Å². The van der Waals surface area contributed by atoms with Crippen molar-refractivity contribution in [2.24, 2.45) is 0 Å². The smallest absolute Gasteiger partial charge is 0.291 e. The van der Waals surface area contributed by atoms with Crippen LogP contribution in [0.2, 0.25) is 0 Å². The van der Waals surface area contributed by atoms with Crippen molar-refractivity contribution < 1.29 is 31.9 Å². The number of carbonyl (C=O) groups is 1. The molecule has 1 aromatic rings. The van der Waals surface area contributed by atoms with E-state index < -0.39 is 31.5 Å². The maximum atomic E-state index is 12.7. The van der Waals surface area contributed by atoms with Gasteiger partial charge in [0.2, 0.25) is 5.76 Å². The van der Waals surface area contributed by atoms with Crippen molar-refractivity contribution in [1.29, 1.82) is 0 Å². The predicted molar refractivity (Wildman–Crippen MR) is 81.6 cm³/mol. The van der Waals surface area contributed by atoms with Crippen LogP contribution in [0.3, 0.4) is 0 Å². The first-order valence-electron chi connectivity index (χ1n) is 6.86. The number of hydrogen-bond donors (Lipinski definition) is 1. The average Bonchev–Trinajstić information content (AvgIpc) is 2.45. The number of unbranched alkanes of at least 4 members (excludes halogenated alkanes) is 1. The molecule has 0 spiro atoms. The molecule has 23 heavy (non-hydrogen) atoms. The summed E-state index contributed by atoms with van der Waals surface area (Å²) in [6, 6.07) is 4.50. The van der Waals surface area contributed by atoms with Gasteiger partial charge >= 0.3 is 14.4 Å². The number of halogens is 3. The quantitative estimate of drug-likeness (QED) is 0.455. The lowest BCUT2D eigenvalue weighted by Gasteiger charge is -2.09. The molecule has 0 aliphatic heterocycles. The van der Waals surface area contributed by atoms with Gasteiger partial charge in [0.15, 0.2) is 5.78 Å². The minimum Gasteiger partial charge on any atom is -0.291 e. The number of rotatable bonds is 5. The SMILES string of the molecule is CC(=O)/C(=C\c1ccccc1C(F)(F)F)O[P+](=O)O.CCCC. The van der Waals surface area contributed by atoms with Gasteiger partial charge in [-0.2, -0.15) is 13.2 Å². The lowest BCUT2D eigenvalue weighted by atomic mass is 10.1. The van der Waals surface area contributed by atoms with Crippen LogP contribution in [0.1, 0.15) is 44.7 Å². The van der Waals surface area contributed by atoms with E-state index in [0.717, 1.165) is 25.1 Å². The third-order valence-corrected chi connectivity index (χ3v) is 2.93. The van der Waals surface area contributed by atoms with Crippen molar-refractivity contribution in [2.75, 3.05) is 0 Å². The molecular weight excluding hydrogens is 332 g/mol. The van der Waals surface area contributed by atoms with Crippen molar-refractivity contribution in [3.05, 3.63) is 41.2 Å². The zero-order chi connectivity index (χ0) is 18.0. The Kier molecular flexibility index (Phi) is 9.37. The van der Waals surface area contributed by atoms with Gasteiger partial charge < -0.3 is 0 Å². The number of hydrogen-bond acceptors (Lipinski definition) is 3. The van der Waals surface area contributed by atoms with Crippen LogP contribution >= 0.6 is 8.25 Å². The maximum Gasteiger partial charge on any atom is 0.747 e. The first kappa shape index (κ1) is 21.3. The van der Waals surface area contributed by atoms with Gasteiger partial charge in [-0.3, -0.25) is 4.79 Å². The monoisotopic (exact) mass is 351 g/mol. The van der Waals surface area contributed by atoms with Crippen LogP contribution in [0, 0.1) is 0 Å². The van der Waals surface area contributed by atoms with Gasteiger partial charge in [0, 0.05) is 11.5 Å². The molecule has 8 heteroatoms. The van der Waals surface area contributed by atoms with Gasteiger partial charge in [-0.05, 0) is 17.7 Å². The van der Waals surface area contributed by atoms with E-state index in [9.17, 15) is 22.5 Å². The van der Waals surface area contributed by atoms with Gasteiger partial charge in [-0.25, -0.2) is 4.52 Å². The molecule has 1 rings (SSSR count). The van der Waals surface area contributed by atoms with Gasteiger partial charge in [-0.15, -0.1) is 4.89 Å². The Morgan fingerprint density at radius 1 is 1.26 bits per heavy atom. The summed E-state index contributed by atoms with van der Waals surface area (Å²) in [4.78, 5) is 19.7.